The van der Waals surface area contributed by atoms with Crippen LogP contribution in [0.3, 0.4) is 0 Å². The number of hydrogen-bond donors (Lipinski definition) is 1. The number of nitrogens with one attached hydrogen (secondary N) is 1. The van der Waals surface area contributed by atoms with Crippen LogP contribution in [0.25, 0.3) is 0 Å². The molecule has 7 rings (SSSR count). The Morgan fingerprint density at radius 2 is 1.48 bits per heavy atom. The van der Waals surface area contributed by atoms with E-state index in [0.717, 1.165) is 59.7 Å². The van der Waals surface area contributed by atoms with E-state index in [1.54, 1.807) is 6.92 Å². The van der Waals surface area contributed by atoms with Crippen LogP contribution in [0.1, 0.15) is 88.7 Å². The highest BCUT2D eigenvalue weighted by Crippen LogP contribution is 2.60. The standard InChI is InChI=1S/C35H46BrN3O4S/c1-24(34(41)37-31-6-4-3-5-7-31)38(22-25-8-12-30(36)13-9-25)33(40)23-39(44(2,42)43)32-14-10-29(11-15-32)35-19-26-16-27(20-35)18-28(17-26)21-35/h8-15,24,26-28,31H,3-7,16-23H2,1-2H3,(H,37,41)/t24-,26?,27?,28?,35?/m0/s1. The summed E-state index contributed by atoms with van der Waals surface area (Å²) in [4.78, 5) is 28.9. The molecule has 0 aliphatic heterocycles. The van der Waals surface area contributed by atoms with E-state index in [2.05, 4.69) is 33.4 Å². The molecular formula is C35H46BrN3O4S. The topological polar surface area (TPSA) is 86.8 Å². The third-order valence-corrected chi connectivity index (χ3v) is 12.5. The van der Waals surface area contributed by atoms with Crippen molar-refractivity contribution >= 4 is 43.5 Å². The van der Waals surface area contributed by atoms with Crippen molar-refractivity contribution in [3.63, 3.8) is 0 Å². The minimum atomic E-state index is -3.77. The molecule has 1 atom stereocenters. The molecule has 0 aromatic heterocycles. The molecule has 0 saturated heterocycles. The molecule has 238 valence electrons. The predicted octanol–water partition coefficient (Wildman–Crippen LogP) is 6.55. The van der Waals surface area contributed by atoms with Crippen molar-refractivity contribution in [1.82, 2.24) is 10.2 Å². The SMILES string of the molecule is C[C@@H](C(=O)NC1CCCCC1)N(Cc1ccc(Br)cc1)C(=O)CN(c1ccc(C23CC4CC(CC(C4)C2)C3)cc1)S(C)(=O)=O. The Morgan fingerprint density at radius 1 is 0.909 bits per heavy atom. The van der Waals surface area contributed by atoms with Crippen LogP contribution in [0.4, 0.5) is 5.69 Å². The zero-order valence-electron chi connectivity index (χ0n) is 26.0. The first-order valence-corrected chi connectivity index (χ1v) is 19.1. The lowest BCUT2D eigenvalue weighted by molar-refractivity contribution is -0.139. The lowest BCUT2D eigenvalue weighted by Gasteiger charge is -2.57. The Bertz CT molecular complexity index is 1420. The lowest BCUT2D eigenvalue weighted by Crippen LogP contribution is -2.53. The van der Waals surface area contributed by atoms with Gasteiger partial charge in [-0.3, -0.25) is 13.9 Å². The van der Waals surface area contributed by atoms with Crippen molar-refractivity contribution in [2.75, 3.05) is 17.1 Å². The minimum absolute atomic E-state index is 0.114. The second-order valence-electron chi connectivity index (χ2n) is 14.2. The number of carbonyl (C=O) groups excluding carboxylic acids is 2. The molecule has 9 heteroatoms. The molecule has 5 saturated carbocycles. The number of carbonyl (C=O) groups is 2. The summed E-state index contributed by atoms with van der Waals surface area (Å²) in [6.07, 6.45) is 14.2. The van der Waals surface area contributed by atoms with Crippen molar-refractivity contribution in [1.29, 1.82) is 0 Å². The number of amides is 2. The molecule has 5 fully saturated rings. The van der Waals surface area contributed by atoms with Gasteiger partial charge in [0, 0.05) is 17.1 Å². The zero-order valence-corrected chi connectivity index (χ0v) is 28.4. The highest BCUT2D eigenvalue weighted by Gasteiger charge is 2.51. The highest BCUT2D eigenvalue weighted by molar-refractivity contribution is 9.10. The number of sulfonamides is 1. The second kappa shape index (κ2) is 12.8. The normalized spacial score (nSPS) is 27.1. The third kappa shape index (κ3) is 6.88. The number of benzene rings is 2. The van der Waals surface area contributed by atoms with Crippen molar-refractivity contribution in [2.24, 2.45) is 17.8 Å². The monoisotopic (exact) mass is 683 g/mol. The van der Waals surface area contributed by atoms with E-state index in [-0.39, 0.29) is 30.5 Å². The lowest BCUT2D eigenvalue weighted by atomic mass is 9.48. The summed E-state index contributed by atoms with van der Waals surface area (Å²) in [5, 5.41) is 3.15. The number of rotatable bonds is 10. The first-order valence-electron chi connectivity index (χ1n) is 16.4. The fraction of sp³-hybridized carbons (Fsp3) is 0.600. The molecule has 4 bridgehead atoms. The average molecular weight is 685 g/mol. The molecule has 0 spiro atoms. The van der Waals surface area contributed by atoms with Crippen LogP contribution in [0.2, 0.25) is 0 Å². The molecule has 2 aromatic carbocycles. The van der Waals surface area contributed by atoms with Crippen LogP contribution >= 0.6 is 15.9 Å². The van der Waals surface area contributed by atoms with Crippen LogP contribution in [-0.2, 0) is 31.6 Å². The Labute approximate surface area is 271 Å². The Morgan fingerprint density at radius 3 is 2.02 bits per heavy atom. The summed E-state index contributed by atoms with van der Waals surface area (Å²) in [6.45, 7) is 1.57. The Balaban J connectivity index is 1.22. The Kier molecular flexibility index (Phi) is 9.17. The molecule has 0 unspecified atom stereocenters. The largest absolute Gasteiger partial charge is 0.352 e. The zero-order chi connectivity index (χ0) is 31.1. The Hall–Kier alpha value is -2.39. The average Bonchev–Trinajstić information content (AvgIpc) is 2.98. The van der Waals surface area contributed by atoms with Gasteiger partial charge in [-0.15, -0.1) is 0 Å². The van der Waals surface area contributed by atoms with Crippen molar-refractivity contribution in [2.45, 2.75) is 102 Å². The maximum atomic E-state index is 14.0. The van der Waals surface area contributed by atoms with Crippen LogP contribution < -0.4 is 9.62 Å². The quantitative estimate of drug-likeness (QED) is 0.308. The molecule has 0 radical (unpaired) electrons. The van der Waals surface area contributed by atoms with Gasteiger partial charge in [-0.05, 0) is 117 Å². The predicted molar refractivity (Wildman–Crippen MR) is 178 cm³/mol. The molecule has 5 aliphatic rings. The number of nitrogens with zero attached hydrogens (tertiary/aromatic N) is 2. The summed E-state index contributed by atoms with van der Waals surface area (Å²) in [7, 11) is -3.77. The first-order chi connectivity index (χ1) is 21.0. The van der Waals surface area contributed by atoms with Gasteiger partial charge in [-0.1, -0.05) is 59.5 Å². The third-order valence-electron chi connectivity index (χ3n) is 10.9. The highest BCUT2D eigenvalue weighted by atomic mass is 79.9. The summed E-state index contributed by atoms with van der Waals surface area (Å²) < 4.78 is 28.4. The minimum Gasteiger partial charge on any atom is -0.352 e. The summed E-state index contributed by atoms with van der Waals surface area (Å²) >= 11 is 3.46. The molecule has 44 heavy (non-hydrogen) atoms. The first kappa shape index (κ1) is 31.6. The van der Waals surface area contributed by atoms with Gasteiger partial charge in [0.2, 0.25) is 21.8 Å². The van der Waals surface area contributed by atoms with Gasteiger partial charge in [0.05, 0.1) is 11.9 Å². The number of halogens is 1. The number of hydrogen-bond acceptors (Lipinski definition) is 4. The maximum absolute atomic E-state index is 14.0. The van der Waals surface area contributed by atoms with Gasteiger partial charge in [0.25, 0.3) is 0 Å². The van der Waals surface area contributed by atoms with Gasteiger partial charge in [0.1, 0.15) is 12.6 Å². The maximum Gasteiger partial charge on any atom is 0.244 e. The summed E-state index contributed by atoms with van der Waals surface area (Å²) in [5.41, 5.74) is 2.87. The molecular weight excluding hydrogens is 638 g/mol. The van der Waals surface area contributed by atoms with Crippen LogP contribution in [0.15, 0.2) is 53.0 Å². The molecule has 7 nitrogen and oxygen atoms in total. The summed E-state index contributed by atoms with van der Waals surface area (Å²) in [6, 6.07) is 14.9. The second-order valence-corrected chi connectivity index (χ2v) is 17.0. The van der Waals surface area contributed by atoms with E-state index < -0.39 is 22.0 Å². The van der Waals surface area contributed by atoms with E-state index >= 15 is 0 Å². The van der Waals surface area contributed by atoms with Crippen molar-refractivity contribution in [3.8, 4) is 0 Å². The smallest absolute Gasteiger partial charge is 0.244 e. The van der Waals surface area contributed by atoms with E-state index in [1.165, 1.54) is 59.7 Å². The van der Waals surface area contributed by atoms with Gasteiger partial charge in [-0.2, -0.15) is 0 Å². The molecule has 5 aliphatic carbocycles. The van der Waals surface area contributed by atoms with Gasteiger partial charge >= 0.3 is 0 Å². The van der Waals surface area contributed by atoms with E-state index in [9.17, 15) is 18.0 Å². The van der Waals surface area contributed by atoms with Crippen molar-refractivity contribution in [3.05, 3.63) is 64.1 Å². The van der Waals surface area contributed by atoms with Crippen LogP contribution in [-0.4, -0.2) is 50.0 Å². The van der Waals surface area contributed by atoms with Gasteiger partial charge < -0.3 is 10.2 Å². The van der Waals surface area contributed by atoms with E-state index in [4.69, 9.17) is 0 Å². The molecule has 0 heterocycles. The number of anilines is 1. The molecule has 1 N–H and O–H groups in total. The van der Waals surface area contributed by atoms with Gasteiger partial charge in [-0.25, -0.2) is 8.42 Å². The van der Waals surface area contributed by atoms with E-state index in [1.807, 2.05) is 36.4 Å². The van der Waals surface area contributed by atoms with E-state index in [0.29, 0.717) is 5.69 Å². The summed E-state index contributed by atoms with van der Waals surface area (Å²) in [5.74, 6) is 1.85. The van der Waals surface area contributed by atoms with Crippen molar-refractivity contribution < 1.29 is 18.0 Å². The molecule has 2 aromatic rings. The van der Waals surface area contributed by atoms with Crippen LogP contribution in [0, 0.1) is 17.8 Å². The van der Waals surface area contributed by atoms with Gasteiger partial charge in [0.15, 0.2) is 0 Å². The fourth-order valence-electron chi connectivity index (χ4n) is 9.00. The fourth-order valence-corrected chi connectivity index (χ4v) is 10.1. The molecule has 2 amide bonds. The van der Waals surface area contributed by atoms with Crippen LogP contribution in [0.5, 0.6) is 0 Å².